The van der Waals surface area contributed by atoms with Crippen LogP contribution in [0.25, 0.3) is 0 Å². The van der Waals surface area contributed by atoms with E-state index >= 15 is 0 Å². The van der Waals surface area contributed by atoms with Gasteiger partial charge in [-0.2, -0.15) is 0 Å². The van der Waals surface area contributed by atoms with E-state index in [-0.39, 0.29) is 23.9 Å². The summed E-state index contributed by atoms with van der Waals surface area (Å²) in [5.41, 5.74) is 7.27. The Morgan fingerprint density at radius 2 is 1.88 bits per heavy atom. The number of hydrogen-bond acceptors (Lipinski definition) is 5. The Kier molecular flexibility index (Phi) is 5.25. The average Bonchev–Trinajstić information content (AvgIpc) is 2.99. The summed E-state index contributed by atoms with van der Waals surface area (Å²) in [5, 5.41) is 10.7. The Bertz CT molecular complexity index is 733. The number of ketones is 2. The molecule has 140 valence electrons. The third kappa shape index (κ3) is 4.02. The normalized spacial score (nSPS) is 20.0. The second-order valence-corrected chi connectivity index (χ2v) is 7.64. The van der Waals surface area contributed by atoms with Crippen LogP contribution in [0.4, 0.5) is 0 Å². The number of nitrogens with two attached hydrogens (primary N) is 1. The lowest BCUT2D eigenvalue weighted by Crippen LogP contribution is -2.50. The van der Waals surface area contributed by atoms with Crippen molar-refractivity contribution in [1.82, 2.24) is 4.90 Å². The van der Waals surface area contributed by atoms with Crippen molar-refractivity contribution >= 4 is 17.5 Å². The highest BCUT2D eigenvalue weighted by atomic mass is 16.3. The minimum absolute atomic E-state index is 0.0188. The Balaban J connectivity index is 1.54. The lowest BCUT2D eigenvalue weighted by molar-refractivity contribution is -0.136. The van der Waals surface area contributed by atoms with E-state index in [4.69, 9.17) is 5.73 Å². The van der Waals surface area contributed by atoms with Crippen molar-refractivity contribution in [1.29, 1.82) is 0 Å². The smallest absolute Gasteiger partial charge is 0.239 e. The summed E-state index contributed by atoms with van der Waals surface area (Å²) in [7, 11) is 0. The van der Waals surface area contributed by atoms with Crippen LogP contribution in [0.1, 0.15) is 54.1 Å². The Hall–Kier alpha value is -2.05. The highest BCUT2D eigenvalue weighted by molar-refractivity contribution is 5.97. The number of carbonyl (C=O) groups is 3. The van der Waals surface area contributed by atoms with Crippen LogP contribution in [0.5, 0.6) is 0 Å². The van der Waals surface area contributed by atoms with E-state index in [1.54, 1.807) is 17.9 Å². The number of nitrogens with zero attached hydrogens (tertiary/aromatic N) is 1. The standard InChI is InChI=1S/C20H26N2O4/c1-13(21)19(25)22-8-6-20(26,7-9-22)5-4-18(24)15-3-2-14-11-17(23)12-16(14)10-15/h2-3,10,13,26H,4-9,11-12,21H2,1H3/t13-/m0/s1. The molecule has 0 spiro atoms. The van der Waals surface area contributed by atoms with Crippen LogP contribution in [0.3, 0.4) is 0 Å². The van der Waals surface area contributed by atoms with E-state index in [0.29, 0.717) is 50.8 Å². The number of aliphatic hydroxyl groups is 1. The molecule has 26 heavy (non-hydrogen) atoms. The molecule has 0 bridgehead atoms. The topological polar surface area (TPSA) is 101 Å². The number of rotatable bonds is 5. The predicted octanol–water partition coefficient (Wildman–Crippen LogP) is 1.02. The van der Waals surface area contributed by atoms with Gasteiger partial charge in [0.05, 0.1) is 11.6 Å². The molecule has 2 aliphatic rings. The average molecular weight is 358 g/mol. The molecule has 3 rings (SSSR count). The lowest BCUT2D eigenvalue weighted by atomic mass is 9.85. The molecule has 0 radical (unpaired) electrons. The van der Waals surface area contributed by atoms with Gasteiger partial charge in [0, 0.05) is 37.9 Å². The van der Waals surface area contributed by atoms with Gasteiger partial charge in [0.25, 0.3) is 0 Å². The number of hydrogen-bond donors (Lipinski definition) is 2. The highest BCUT2D eigenvalue weighted by Crippen LogP contribution is 2.28. The van der Waals surface area contributed by atoms with Crippen molar-refractivity contribution in [3.05, 3.63) is 34.9 Å². The molecule has 1 aromatic carbocycles. The third-order valence-corrected chi connectivity index (χ3v) is 5.52. The zero-order chi connectivity index (χ0) is 18.9. The van der Waals surface area contributed by atoms with E-state index in [1.807, 2.05) is 12.1 Å². The highest BCUT2D eigenvalue weighted by Gasteiger charge is 2.34. The minimum Gasteiger partial charge on any atom is -0.390 e. The van der Waals surface area contributed by atoms with Crippen molar-refractivity contribution < 1.29 is 19.5 Å². The number of carbonyl (C=O) groups excluding carboxylic acids is 3. The van der Waals surface area contributed by atoms with E-state index in [1.165, 1.54) is 0 Å². The van der Waals surface area contributed by atoms with Gasteiger partial charge >= 0.3 is 0 Å². The summed E-state index contributed by atoms with van der Waals surface area (Å²) in [6, 6.07) is 4.92. The molecule has 1 atom stereocenters. The maximum Gasteiger partial charge on any atom is 0.239 e. The molecule has 1 fully saturated rings. The molecule has 0 aromatic heterocycles. The first-order valence-corrected chi connectivity index (χ1v) is 9.21. The van der Waals surface area contributed by atoms with E-state index < -0.39 is 11.6 Å². The van der Waals surface area contributed by atoms with E-state index in [9.17, 15) is 19.5 Å². The van der Waals surface area contributed by atoms with Gasteiger partial charge in [0.2, 0.25) is 5.91 Å². The molecule has 6 nitrogen and oxygen atoms in total. The van der Waals surface area contributed by atoms with Crippen LogP contribution < -0.4 is 5.73 Å². The van der Waals surface area contributed by atoms with Crippen molar-refractivity contribution in [2.75, 3.05) is 13.1 Å². The molecule has 3 N–H and O–H groups in total. The fourth-order valence-corrected chi connectivity index (χ4v) is 3.80. The number of piperidine rings is 1. The van der Waals surface area contributed by atoms with Gasteiger partial charge in [-0.25, -0.2) is 0 Å². The molecular weight excluding hydrogens is 332 g/mol. The second-order valence-electron chi connectivity index (χ2n) is 7.64. The van der Waals surface area contributed by atoms with Crippen LogP contribution in [0, 0.1) is 0 Å². The van der Waals surface area contributed by atoms with Crippen LogP contribution in [-0.2, 0) is 22.4 Å². The summed E-state index contributed by atoms with van der Waals surface area (Å²) in [4.78, 5) is 37.6. The third-order valence-electron chi connectivity index (χ3n) is 5.52. The number of likely N-dealkylation sites (tertiary alicyclic amines) is 1. The molecule has 1 aliphatic carbocycles. The molecule has 1 heterocycles. The molecule has 1 saturated heterocycles. The number of benzene rings is 1. The Labute approximate surface area is 153 Å². The van der Waals surface area contributed by atoms with Gasteiger partial charge in [-0.05, 0) is 43.4 Å². The fraction of sp³-hybridized carbons (Fsp3) is 0.550. The summed E-state index contributed by atoms with van der Waals surface area (Å²) < 4.78 is 0. The Morgan fingerprint density at radius 3 is 2.54 bits per heavy atom. The van der Waals surface area contributed by atoms with Crippen LogP contribution in [0.2, 0.25) is 0 Å². The lowest BCUT2D eigenvalue weighted by Gasteiger charge is -2.38. The van der Waals surface area contributed by atoms with Gasteiger partial charge in [-0.3, -0.25) is 14.4 Å². The first-order chi connectivity index (χ1) is 12.3. The van der Waals surface area contributed by atoms with Gasteiger partial charge in [-0.15, -0.1) is 0 Å². The second kappa shape index (κ2) is 7.29. The number of Topliss-reactive ketones (excluding diaryl/α,β-unsaturated/α-hetero) is 2. The molecule has 1 amide bonds. The fourth-order valence-electron chi connectivity index (χ4n) is 3.80. The van der Waals surface area contributed by atoms with Gasteiger partial charge < -0.3 is 15.7 Å². The van der Waals surface area contributed by atoms with Gasteiger partial charge in [0.1, 0.15) is 5.78 Å². The Morgan fingerprint density at radius 1 is 1.23 bits per heavy atom. The SMILES string of the molecule is C[C@H](N)C(=O)N1CCC(O)(CCC(=O)c2ccc3c(c2)CC(=O)C3)CC1. The quantitative estimate of drug-likeness (QED) is 0.765. The van der Waals surface area contributed by atoms with Crippen LogP contribution in [0.15, 0.2) is 18.2 Å². The summed E-state index contributed by atoms with van der Waals surface area (Å²) in [6.07, 6.45) is 2.41. The molecular formula is C20H26N2O4. The predicted molar refractivity (Wildman–Crippen MR) is 96.8 cm³/mol. The van der Waals surface area contributed by atoms with Crippen LogP contribution in [-0.4, -0.2) is 52.2 Å². The molecule has 1 aromatic rings. The molecule has 0 saturated carbocycles. The van der Waals surface area contributed by atoms with E-state index in [2.05, 4.69) is 0 Å². The van der Waals surface area contributed by atoms with Crippen molar-refractivity contribution in [3.8, 4) is 0 Å². The number of fused-ring (bicyclic) bond motifs is 1. The minimum atomic E-state index is -0.920. The zero-order valence-corrected chi connectivity index (χ0v) is 15.2. The number of amides is 1. The van der Waals surface area contributed by atoms with Crippen LogP contribution >= 0.6 is 0 Å². The molecule has 6 heteroatoms. The van der Waals surface area contributed by atoms with Gasteiger partial charge in [-0.1, -0.05) is 12.1 Å². The summed E-state index contributed by atoms with van der Waals surface area (Å²) in [5.74, 6) is 0.0671. The first kappa shape index (κ1) is 18.7. The molecule has 1 aliphatic heterocycles. The molecule has 0 unspecified atom stereocenters. The van der Waals surface area contributed by atoms with Crippen molar-refractivity contribution in [3.63, 3.8) is 0 Å². The van der Waals surface area contributed by atoms with E-state index in [0.717, 1.165) is 11.1 Å². The summed E-state index contributed by atoms with van der Waals surface area (Å²) in [6.45, 7) is 2.59. The first-order valence-electron chi connectivity index (χ1n) is 9.21. The monoisotopic (exact) mass is 358 g/mol. The zero-order valence-electron chi connectivity index (χ0n) is 15.2. The summed E-state index contributed by atoms with van der Waals surface area (Å²) >= 11 is 0. The van der Waals surface area contributed by atoms with Gasteiger partial charge in [0.15, 0.2) is 5.78 Å². The maximum absolute atomic E-state index is 12.5. The largest absolute Gasteiger partial charge is 0.390 e. The maximum atomic E-state index is 12.5. The van der Waals surface area contributed by atoms with Crippen molar-refractivity contribution in [2.45, 2.75) is 57.1 Å². The van der Waals surface area contributed by atoms with Crippen molar-refractivity contribution in [2.24, 2.45) is 5.73 Å².